The van der Waals surface area contributed by atoms with Gasteiger partial charge < -0.3 is 29.2 Å². The number of piperazine rings is 1. The maximum absolute atomic E-state index is 12.6. The Bertz CT molecular complexity index is 1070. The highest BCUT2D eigenvalue weighted by Gasteiger charge is 2.34. The SMILES string of the molecule is CC(C)[C@H](CO)Nc1nc(N2CCN(c3nc4ccccc4o3)CC2)nc2c1[S+]([O-])CC2. The highest BCUT2D eigenvalue weighted by Crippen LogP contribution is 2.33. The predicted octanol–water partition coefficient (Wildman–Crippen LogP) is 2.04. The van der Waals surface area contributed by atoms with Crippen LogP contribution in [0.5, 0.6) is 0 Å². The second-order valence-electron chi connectivity index (χ2n) is 8.56. The molecule has 9 nitrogen and oxygen atoms in total. The second-order valence-corrected chi connectivity index (χ2v) is 10.1. The molecule has 0 aliphatic carbocycles. The summed E-state index contributed by atoms with van der Waals surface area (Å²) in [5.41, 5.74) is 2.50. The van der Waals surface area contributed by atoms with E-state index in [2.05, 4.69) is 20.1 Å². The number of rotatable bonds is 6. The number of aryl methyl sites for hydroxylation is 1. The van der Waals surface area contributed by atoms with Gasteiger partial charge in [-0.1, -0.05) is 26.0 Å². The van der Waals surface area contributed by atoms with Gasteiger partial charge in [0.2, 0.25) is 10.8 Å². The number of fused-ring (bicyclic) bond motifs is 2. The number of nitrogens with zero attached hydrogens (tertiary/aromatic N) is 5. The number of nitrogens with one attached hydrogen (secondary N) is 1. The first-order valence-corrected chi connectivity index (χ1v) is 12.4. The molecule has 2 atom stereocenters. The summed E-state index contributed by atoms with van der Waals surface area (Å²) < 4.78 is 18.5. The lowest BCUT2D eigenvalue weighted by atomic mass is 10.1. The first kappa shape index (κ1) is 21.3. The number of oxazole rings is 1. The molecule has 170 valence electrons. The Balaban J connectivity index is 1.35. The summed E-state index contributed by atoms with van der Waals surface area (Å²) in [6.07, 6.45) is 0.681. The zero-order valence-electron chi connectivity index (χ0n) is 18.3. The van der Waals surface area contributed by atoms with Crippen LogP contribution < -0.4 is 15.1 Å². The van der Waals surface area contributed by atoms with Crippen molar-refractivity contribution < 1.29 is 14.1 Å². The molecular weight excluding hydrogens is 428 g/mol. The van der Waals surface area contributed by atoms with E-state index in [0.717, 1.165) is 43.0 Å². The summed E-state index contributed by atoms with van der Waals surface area (Å²) >= 11 is -1.11. The standard InChI is InChI=1S/C22H28N6O3S/c1-14(2)17(13-29)23-20-19-16(7-12-32(19)30)24-21(26-20)27-8-10-28(11-9-27)22-25-15-5-3-4-6-18(15)31-22/h3-6,14,17,29H,7-13H2,1-2H3,(H,23,24,26)/t17-,32?/m0/s1. The van der Waals surface area contributed by atoms with Crippen LogP contribution in [-0.4, -0.2) is 69.2 Å². The number of anilines is 3. The van der Waals surface area contributed by atoms with Crippen molar-refractivity contribution in [3.63, 3.8) is 0 Å². The molecule has 10 heteroatoms. The number of hydrogen-bond donors (Lipinski definition) is 2. The van der Waals surface area contributed by atoms with E-state index in [1.807, 2.05) is 38.1 Å². The Morgan fingerprint density at radius 1 is 1.12 bits per heavy atom. The topological polar surface area (TPSA) is 114 Å². The van der Waals surface area contributed by atoms with Crippen LogP contribution in [0.15, 0.2) is 33.6 Å². The van der Waals surface area contributed by atoms with Crippen LogP contribution in [0.1, 0.15) is 19.5 Å². The lowest BCUT2D eigenvalue weighted by Crippen LogP contribution is -2.47. The number of aromatic nitrogens is 3. The third-order valence-electron chi connectivity index (χ3n) is 6.12. The molecule has 2 N–H and O–H groups in total. The quantitative estimate of drug-likeness (QED) is 0.538. The fraction of sp³-hybridized carbons (Fsp3) is 0.500. The number of hydrogen-bond acceptors (Lipinski definition) is 9. The second kappa shape index (κ2) is 8.76. The number of aliphatic hydroxyl groups excluding tert-OH is 1. The van der Waals surface area contributed by atoms with E-state index in [9.17, 15) is 9.66 Å². The molecule has 0 saturated carbocycles. The summed E-state index contributed by atoms with van der Waals surface area (Å²) in [7, 11) is 0. The van der Waals surface area contributed by atoms with Crippen LogP contribution in [0.3, 0.4) is 0 Å². The minimum absolute atomic E-state index is 0.0123. The van der Waals surface area contributed by atoms with Gasteiger partial charge in [-0.15, -0.1) is 0 Å². The fourth-order valence-corrected chi connectivity index (χ4v) is 5.43. The van der Waals surface area contributed by atoms with E-state index in [1.165, 1.54) is 0 Å². The predicted molar refractivity (Wildman–Crippen MR) is 125 cm³/mol. The van der Waals surface area contributed by atoms with E-state index in [4.69, 9.17) is 14.4 Å². The molecule has 5 rings (SSSR count). The third-order valence-corrected chi connectivity index (χ3v) is 7.57. The molecule has 2 aromatic heterocycles. The van der Waals surface area contributed by atoms with Crippen LogP contribution in [0.25, 0.3) is 11.1 Å². The third kappa shape index (κ3) is 3.98. The summed E-state index contributed by atoms with van der Waals surface area (Å²) in [4.78, 5) is 19.1. The van der Waals surface area contributed by atoms with Gasteiger partial charge in [0, 0.05) is 32.6 Å². The Hall–Kier alpha value is -2.56. The molecule has 2 aliphatic heterocycles. The monoisotopic (exact) mass is 456 g/mol. The van der Waals surface area contributed by atoms with Gasteiger partial charge in [-0.3, -0.25) is 0 Å². The van der Waals surface area contributed by atoms with Gasteiger partial charge >= 0.3 is 0 Å². The van der Waals surface area contributed by atoms with E-state index in [1.54, 1.807) is 0 Å². The van der Waals surface area contributed by atoms with Crippen LogP contribution >= 0.6 is 0 Å². The Labute approximate surface area is 190 Å². The van der Waals surface area contributed by atoms with E-state index in [0.29, 0.717) is 34.9 Å². The highest BCUT2D eigenvalue weighted by atomic mass is 32.2. The molecule has 1 fully saturated rings. The van der Waals surface area contributed by atoms with Crippen molar-refractivity contribution in [2.24, 2.45) is 5.92 Å². The average Bonchev–Trinajstić information content (AvgIpc) is 3.41. The van der Waals surface area contributed by atoms with Gasteiger partial charge in [0.15, 0.2) is 11.4 Å². The van der Waals surface area contributed by atoms with E-state index >= 15 is 0 Å². The Morgan fingerprint density at radius 2 is 1.88 bits per heavy atom. The van der Waals surface area contributed by atoms with E-state index < -0.39 is 11.2 Å². The zero-order valence-corrected chi connectivity index (χ0v) is 19.1. The molecule has 4 heterocycles. The molecule has 32 heavy (non-hydrogen) atoms. The van der Waals surface area contributed by atoms with Crippen molar-refractivity contribution in [1.29, 1.82) is 0 Å². The van der Waals surface area contributed by atoms with E-state index in [-0.39, 0.29) is 18.6 Å². The summed E-state index contributed by atoms with van der Waals surface area (Å²) in [5, 5.41) is 13.1. The molecule has 1 unspecified atom stereocenters. The van der Waals surface area contributed by atoms with Crippen molar-refractivity contribution in [3.8, 4) is 0 Å². The minimum atomic E-state index is -1.11. The van der Waals surface area contributed by atoms with Crippen molar-refractivity contribution in [1.82, 2.24) is 15.0 Å². The largest absolute Gasteiger partial charge is 0.611 e. The molecule has 1 saturated heterocycles. The molecule has 0 spiro atoms. The minimum Gasteiger partial charge on any atom is -0.611 e. The van der Waals surface area contributed by atoms with Crippen molar-refractivity contribution in [2.45, 2.75) is 31.2 Å². The van der Waals surface area contributed by atoms with Gasteiger partial charge in [0.05, 0.1) is 12.6 Å². The zero-order chi connectivity index (χ0) is 22.2. The van der Waals surface area contributed by atoms with Gasteiger partial charge in [-0.2, -0.15) is 9.97 Å². The van der Waals surface area contributed by atoms with Crippen LogP contribution in [0.4, 0.5) is 17.8 Å². The lowest BCUT2D eigenvalue weighted by Gasteiger charge is -2.34. The van der Waals surface area contributed by atoms with Gasteiger partial charge in [-0.25, -0.2) is 4.98 Å². The first-order chi connectivity index (χ1) is 15.5. The van der Waals surface area contributed by atoms with Crippen molar-refractivity contribution >= 4 is 40.1 Å². The average molecular weight is 457 g/mol. The normalized spacial score (nSPS) is 19.6. The van der Waals surface area contributed by atoms with Gasteiger partial charge in [0.1, 0.15) is 17.0 Å². The molecular formula is C22H28N6O3S. The summed E-state index contributed by atoms with van der Waals surface area (Å²) in [5.74, 6) is 2.01. The maximum atomic E-state index is 12.6. The van der Waals surface area contributed by atoms with Gasteiger partial charge in [0.25, 0.3) is 6.01 Å². The number of para-hydroxylation sites is 2. The van der Waals surface area contributed by atoms with Crippen LogP contribution in [0.2, 0.25) is 0 Å². The molecule has 1 aromatic carbocycles. The Morgan fingerprint density at radius 3 is 2.59 bits per heavy atom. The molecule has 2 aliphatic rings. The smallest absolute Gasteiger partial charge is 0.298 e. The van der Waals surface area contributed by atoms with Gasteiger partial charge in [-0.05, 0) is 29.2 Å². The van der Waals surface area contributed by atoms with Crippen molar-refractivity contribution in [2.75, 3.05) is 53.7 Å². The molecule has 0 amide bonds. The molecule has 3 aromatic rings. The summed E-state index contributed by atoms with van der Waals surface area (Å²) in [6, 6.07) is 8.26. The highest BCUT2D eigenvalue weighted by molar-refractivity contribution is 7.91. The molecule has 0 bridgehead atoms. The first-order valence-electron chi connectivity index (χ1n) is 11.1. The lowest BCUT2D eigenvalue weighted by molar-refractivity contribution is 0.248. The maximum Gasteiger partial charge on any atom is 0.298 e. The summed E-state index contributed by atoms with van der Waals surface area (Å²) in [6.45, 7) is 7.01. The number of aliphatic hydroxyl groups is 1. The Kier molecular flexibility index (Phi) is 5.83. The van der Waals surface area contributed by atoms with Crippen LogP contribution in [0, 0.1) is 5.92 Å². The van der Waals surface area contributed by atoms with Crippen LogP contribution in [-0.2, 0) is 17.6 Å². The number of benzene rings is 1. The van der Waals surface area contributed by atoms with Crippen molar-refractivity contribution in [3.05, 3.63) is 30.0 Å². The fourth-order valence-electron chi connectivity index (χ4n) is 4.12. The molecule has 0 radical (unpaired) electrons.